The van der Waals surface area contributed by atoms with Crippen LogP contribution in [0.1, 0.15) is 59.8 Å². The lowest BCUT2D eigenvalue weighted by Crippen LogP contribution is -2.39. The molecule has 0 radical (unpaired) electrons. The molecule has 20 heavy (non-hydrogen) atoms. The summed E-state index contributed by atoms with van der Waals surface area (Å²) in [6.45, 7) is 14.4. The second kappa shape index (κ2) is 7.74. The van der Waals surface area contributed by atoms with Crippen molar-refractivity contribution in [3.8, 4) is 0 Å². The molecule has 1 heterocycles. The highest BCUT2D eigenvalue weighted by Gasteiger charge is 2.18. The van der Waals surface area contributed by atoms with E-state index in [4.69, 9.17) is 4.74 Å². The molecule has 5 nitrogen and oxygen atoms in total. The molecule has 0 fully saturated rings. The van der Waals surface area contributed by atoms with Crippen LogP contribution >= 0.6 is 0 Å². The fourth-order valence-corrected chi connectivity index (χ4v) is 1.96. The lowest BCUT2D eigenvalue weighted by atomic mass is 10.1. The van der Waals surface area contributed by atoms with Crippen molar-refractivity contribution in [3.63, 3.8) is 0 Å². The highest BCUT2D eigenvalue weighted by atomic mass is 16.5. The van der Waals surface area contributed by atoms with Crippen molar-refractivity contribution in [1.29, 1.82) is 0 Å². The number of nitrogens with zero attached hydrogens (tertiary/aromatic N) is 3. The average Bonchev–Trinajstić information content (AvgIpc) is 2.79. The Morgan fingerprint density at radius 1 is 1.35 bits per heavy atom. The van der Waals surface area contributed by atoms with E-state index in [-0.39, 0.29) is 11.6 Å². The molecule has 0 aliphatic heterocycles. The van der Waals surface area contributed by atoms with Gasteiger partial charge >= 0.3 is 0 Å². The first-order chi connectivity index (χ1) is 9.33. The molecular weight excluding hydrogens is 252 g/mol. The smallest absolute Gasteiger partial charge is 0.138 e. The number of aromatic nitrogens is 3. The summed E-state index contributed by atoms with van der Waals surface area (Å²) in [5.74, 6) is 1.02. The van der Waals surface area contributed by atoms with Crippen LogP contribution in [0.3, 0.4) is 0 Å². The quantitative estimate of drug-likeness (QED) is 0.796. The predicted molar refractivity (Wildman–Crippen MR) is 81.9 cm³/mol. The van der Waals surface area contributed by atoms with Gasteiger partial charge in [0.05, 0.1) is 12.2 Å². The molecule has 5 heteroatoms. The lowest BCUT2D eigenvalue weighted by molar-refractivity contribution is -0.0146. The summed E-state index contributed by atoms with van der Waals surface area (Å²) < 4.78 is 7.90. The molecule has 1 aromatic heterocycles. The molecular formula is C15H30N4O. The van der Waals surface area contributed by atoms with Crippen LogP contribution in [0.25, 0.3) is 0 Å². The molecule has 1 rings (SSSR count). The first-order valence-electron chi connectivity index (χ1n) is 7.59. The summed E-state index contributed by atoms with van der Waals surface area (Å²) in [4.78, 5) is 4.39. The number of hydrogen-bond donors (Lipinski definition) is 1. The molecule has 1 unspecified atom stereocenters. The lowest BCUT2D eigenvalue weighted by Gasteiger charge is -2.25. The normalized spacial score (nSPS) is 13.9. The zero-order chi connectivity index (χ0) is 15.2. The second-order valence-corrected chi connectivity index (χ2v) is 6.49. The Hall–Kier alpha value is -0.940. The molecule has 1 atom stereocenters. The second-order valence-electron chi connectivity index (χ2n) is 6.49. The minimum absolute atomic E-state index is 0.113. The summed E-state index contributed by atoms with van der Waals surface area (Å²) in [6.07, 6.45) is 3.59. The molecule has 0 spiro atoms. The minimum Gasteiger partial charge on any atom is -0.374 e. The maximum absolute atomic E-state index is 5.92. The minimum atomic E-state index is -0.113. The molecule has 0 aliphatic carbocycles. The van der Waals surface area contributed by atoms with E-state index >= 15 is 0 Å². The third-order valence-corrected chi connectivity index (χ3v) is 2.97. The monoisotopic (exact) mass is 282 g/mol. The van der Waals surface area contributed by atoms with Gasteiger partial charge in [-0.2, -0.15) is 5.10 Å². The fourth-order valence-electron chi connectivity index (χ4n) is 1.96. The van der Waals surface area contributed by atoms with Crippen molar-refractivity contribution in [2.24, 2.45) is 0 Å². The van der Waals surface area contributed by atoms with Crippen LogP contribution in [-0.4, -0.2) is 39.6 Å². The Morgan fingerprint density at radius 3 is 2.60 bits per heavy atom. The highest BCUT2D eigenvalue weighted by molar-refractivity contribution is 4.91. The first kappa shape index (κ1) is 17.1. The van der Waals surface area contributed by atoms with Crippen LogP contribution in [-0.2, 0) is 11.2 Å². The van der Waals surface area contributed by atoms with E-state index in [1.54, 1.807) is 6.33 Å². The van der Waals surface area contributed by atoms with Crippen molar-refractivity contribution in [2.75, 3.05) is 13.2 Å². The standard InChI is InChI=1S/C15H30N4O/c1-7-8-16-13(10-20-15(4,5)6)9-14-17-11-18-19(14)12(2)3/h11-13,16H,7-10H2,1-6H3. The van der Waals surface area contributed by atoms with E-state index in [9.17, 15) is 0 Å². The first-order valence-corrected chi connectivity index (χ1v) is 7.59. The third kappa shape index (κ3) is 6.01. The van der Waals surface area contributed by atoms with Gasteiger partial charge in [0.25, 0.3) is 0 Å². The predicted octanol–water partition coefficient (Wildman–Crippen LogP) is 2.58. The molecule has 1 aromatic rings. The van der Waals surface area contributed by atoms with Gasteiger partial charge in [-0.1, -0.05) is 6.92 Å². The average molecular weight is 282 g/mol. The van der Waals surface area contributed by atoms with E-state index in [0.29, 0.717) is 12.6 Å². The summed E-state index contributed by atoms with van der Waals surface area (Å²) in [5, 5.41) is 7.84. The zero-order valence-electron chi connectivity index (χ0n) is 13.8. The third-order valence-electron chi connectivity index (χ3n) is 2.97. The summed E-state index contributed by atoms with van der Waals surface area (Å²) >= 11 is 0. The van der Waals surface area contributed by atoms with Gasteiger partial charge in [0, 0.05) is 18.5 Å². The fraction of sp³-hybridized carbons (Fsp3) is 0.867. The van der Waals surface area contributed by atoms with E-state index in [1.807, 2.05) is 4.68 Å². The van der Waals surface area contributed by atoms with Gasteiger partial charge in [-0.3, -0.25) is 0 Å². The molecule has 1 N–H and O–H groups in total. The van der Waals surface area contributed by atoms with Crippen LogP contribution in [0, 0.1) is 0 Å². The van der Waals surface area contributed by atoms with Gasteiger partial charge in [0.2, 0.25) is 0 Å². The Labute approximate surface area is 123 Å². The number of ether oxygens (including phenoxy) is 1. The van der Waals surface area contributed by atoms with Gasteiger partial charge in [-0.15, -0.1) is 0 Å². The van der Waals surface area contributed by atoms with Crippen LogP contribution < -0.4 is 5.32 Å². The van der Waals surface area contributed by atoms with Crippen molar-refractivity contribution >= 4 is 0 Å². The molecule has 0 amide bonds. The van der Waals surface area contributed by atoms with Gasteiger partial charge in [-0.25, -0.2) is 9.67 Å². The van der Waals surface area contributed by atoms with Crippen LogP contribution in [0.5, 0.6) is 0 Å². The summed E-state index contributed by atoms with van der Waals surface area (Å²) in [6, 6.07) is 0.610. The van der Waals surface area contributed by atoms with Gasteiger partial charge in [0.15, 0.2) is 0 Å². The molecule has 0 saturated carbocycles. The maximum Gasteiger partial charge on any atom is 0.138 e. The molecule has 0 aliphatic rings. The highest BCUT2D eigenvalue weighted by Crippen LogP contribution is 2.11. The van der Waals surface area contributed by atoms with Crippen molar-refractivity contribution < 1.29 is 4.74 Å². The van der Waals surface area contributed by atoms with Crippen LogP contribution in [0.15, 0.2) is 6.33 Å². The Bertz CT molecular complexity index is 381. The van der Waals surface area contributed by atoms with E-state index in [0.717, 1.165) is 25.2 Å². The van der Waals surface area contributed by atoms with Gasteiger partial charge in [0.1, 0.15) is 12.2 Å². The summed E-state index contributed by atoms with van der Waals surface area (Å²) in [7, 11) is 0. The topological polar surface area (TPSA) is 52.0 Å². The van der Waals surface area contributed by atoms with Gasteiger partial charge in [-0.05, 0) is 47.6 Å². The zero-order valence-corrected chi connectivity index (χ0v) is 13.8. The number of hydrogen-bond acceptors (Lipinski definition) is 4. The molecule has 0 saturated heterocycles. The molecule has 0 bridgehead atoms. The van der Waals surface area contributed by atoms with Gasteiger partial charge < -0.3 is 10.1 Å². The molecule has 0 aromatic carbocycles. The summed E-state index contributed by atoms with van der Waals surface area (Å²) in [5.41, 5.74) is -0.113. The van der Waals surface area contributed by atoms with Crippen molar-refractivity contribution in [2.45, 2.75) is 72.1 Å². The van der Waals surface area contributed by atoms with E-state index in [2.05, 4.69) is 56.9 Å². The van der Waals surface area contributed by atoms with Crippen LogP contribution in [0.2, 0.25) is 0 Å². The maximum atomic E-state index is 5.92. The Morgan fingerprint density at radius 2 is 2.05 bits per heavy atom. The van der Waals surface area contributed by atoms with Crippen molar-refractivity contribution in [3.05, 3.63) is 12.2 Å². The largest absolute Gasteiger partial charge is 0.374 e. The number of rotatable bonds is 8. The molecule has 116 valence electrons. The van der Waals surface area contributed by atoms with Crippen molar-refractivity contribution in [1.82, 2.24) is 20.1 Å². The SMILES string of the molecule is CCCNC(COC(C)(C)C)Cc1ncnn1C(C)C. The van der Waals surface area contributed by atoms with E-state index < -0.39 is 0 Å². The van der Waals surface area contributed by atoms with E-state index in [1.165, 1.54) is 0 Å². The number of nitrogens with one attached hydrogen (secondary N) is 1. The Balaban J connectivity index is 2.65. The Kier molecular flexibility index (Phi) is 6.62. The van der Waals surface area contributed by atoms with Crippen LogP contribution in [0.4, 0.5) is 0 Å².